The van der Waals surface area contributed by atoms with Crippen molar-refractivity contribution in [3.63, 3.8) is 0 Å². The SMILES string of the molecule is COc1ccc(Oc2ccc(S(=O)(=O)C3(C(=O)NO)CCC4(CCN(c5ccccn5)CC4)C3)cc2)cc1. The van der Waals surface area contributed by atoms with Gasteiger partial charge in [0, 0.05) is 19.3 Å². The number of sulfone groups is 1. The minimum absolute atomic E-state index is 0.0196. The lowest BCUT2D eigenvalue weighted by atomic mass is 9.76. The molecule has 2 aliphatic rings. The third kappa shape index (κ3) is 4.69. The molecule has 1 unspecified atom stereocenters. The lowest BCUT2D eigenvalue weighted by Gasteiger charge is -2.41. The molecule has 200 valence electrons. The van der Waals surface area contributed by atoms with E-state index in [1.54, 1.807) is 55.2 Å². The Balaban J connectivity index is 1.35. The highest BCUT2D eigenvalue weighted by atomic mass is 32.2. The quantitative estimate of drug-likeness (QED) is 0.337. The number of amides is 1. The average Bonchev–Trinajstić information content (AvgIpc) is 3.35. The van der Waals surface area contributed by atoms with E-state index in [4.69, 9.17) is 9.47 Å². The molecular weight excluding hydrogens is 506 g/mol. The maximum absolute atomic E-state index is 14.0. The van der Waals surface area contributed by atoms with Crippen LogP contribution in [0.15, 0.2) is 77.8 Å². The van der Waals surface area contributed by atoms with Gasteiger partial charge in [0.2, 0.25) is 0 Å². The lowest BCUT2D eigenvalue weighted by Crippen LogP contribution is -2.51. The van der Waals surface area contributed by atoms with E-state index in [-0.39, 0.29) is 23.2 Å². The van der Waals surface area contributed by atoms with Gasteiger partial charge in [-0.05, 0) is 98.2 Å². The van der Waals surface area contributed by atoms with Crippen LogP contribution in [-0.4, -0.2) is 49.5 Å². The van der Waals surface area contributed by atoms with Crippen LogP contribution in [0, 0.1) is 5.41 Å². The molecule has 1 aliphatic heterocycles. The van der Waals surface area contributed by atoms with E-state index in [2.05, 4.69) is 9.88 Å². The van der Waals surface area contributed by atoms with Crippen LogP contribution in [0.2, 0.25) is 0 Å². The van der Waals surface area contributed by atoms with Crippen LogP contribution in [0.1, 0.15) is 32.1 Å². The second-order valence-corrected chi connectivity index (χ2v) is 12.3. The summed E-state index contributed by atoms with van der Waals surface area (Å²) in [4.78, 5) is 19.7. The number of carbonyl (C=O) groups excluding carboxylic acids is 1. The topological polar surface area (TPSA) is 118 Å². The van der Waals surface area contributed by atoms with Crippen molar-refractivity contribution in [2.24, 2.45) is 5.41 Å². The number of nitrogens with zero attached hydrogens (tertiary/aromatic N) is 2. The molecule has 0 bridgehead atoms. The summed E-state index contributed by atoms with van der Waals surface area (Å²) in [5, 5.41) is 9.58. The highest BCUT2D eigenvalue weighted by Crippen LogP contribution is 2.55. The third-order valence-electron chi connectivity index (χ3n) is 7.98. The summed E-state index contributed by atoms with van der Waals surface area (Å²) in [6.07, 6.45) is 4.15. The molecular formula is C28H31N3O6S. The van der Waals surface area contributed by atoms with Gasteiger partial charge in [-0.1, -0.05) is 6.07 Å². The molecule has 38 heavy (non-hydrogen) atoms. The molecule has 2 N–H and O–H groups in total. The lowest BCUT2D eigenvalue weighted by molar-refractivity contribution is -0.132. The summed E-state index contributed by atoms with van der Waals surface area (Å²) in [6.45, 7) is 1.45. The molecule has 1 saturated carbocycles. The van der Waals surface area contributed by atoms with Gasteiger partial charge in [-0.2, -0.15) is 0 Å². The number of aromatic nitrogens is 1. The van der Waals surface area contributed by atoms with Crippen LogP contribution in [0.3, 0.4) is 0 Å². The highest BCUT2D eigenvalue weighted by Gasteiger charge is 2.60. The molecule has 0 radical (unpaired) electrons. The first kappa shape index (κ1) is 26.0. The van der Waals surface area contributed by atoms with Gasteiger partial charge < -0.3 is 14.4 Å². The molecule has 1 atom stereocenters. The number of benzene rings is 2. The number of methoxy groups -OCH3 is 1. The summed E-state index contributed by atoms with van der Waals surface area (Å²) < 4.78 is 37.2. The fraction of sp³-hybridized carbons (Fsp3) is 0.357. The number of hydrogen-bond acceptors (Lipinski definition) is 8. The first-order chi connectivity index (χ1) is 18.3. The zero-order chi connectivity index (χ0) is 26.8. The molecule has 3 aromatic rings. The Kier molecular flexibility index (Phi) is 7.02. The number of carbonyl (C=O) groups is 1. The Morgan fingerprint density at radius 3 is 2.13 bits per heavy atom. The number of anilines is 1. The third-order valence-corrected chi connectivity index (χ3v) is 10.4. The number of hydrogen-bond donors (Lipinski definition) is 2. The normalized spacial score (nSPS) is 20.7. The number of hydroxylamine groups is 1. The maximum atomic E-state index is 14.0. The number of piperidine rings is 1. The molecule has 1 aromatic heterocycles. The Morgan fingerprint density at radius 2 is 1.55 bits per heavy atom. The minimum Gasteiger partial charge on any atom is -0.497 e. The molecule has 2 heterocycles. The van der Waals surface area contributed by atoms with Crippen molar-refractivity contribution in [2.75, 3.05) is 25.1 Å². The Labute approximate surface area is 222 Å². The number of rotatable bonds is 7. The zero-order valence-electron chi connectivity index (χ0n) is 21.2. The van der Waals surface area contributed by atoms with Gasteiger partial charge in [0.15, 0.2) is 14.6 Å². The van der Waals surface area contributed by atoms with E-state index >= 15 is 0 Å². The maximum Gasteiger partial charge on any atom is 0.265 e. The predicted octanol–water partition coefficient (Wildman–Crippen LogP) is 4.37. The second kappa shape index (κ2) is 10.3. The smallest absolute Gasteiger partial charge is 0.265 e. The van der Waals surface area contributed by atoms with Gasteiger partial charge in [-0.25, -0.2) is 18.9 Å². The molecule has 1 aliphatic carbocycles. The largest absolute Gasteiger partial charge is 0.497 e. The molecule has 5 rings (SSSR count). The monoisotopic (exact) mass is 537 g/mol. The predicted molar refractivity (Wildman–Crippen MR) is 141 cm³/mol. The van der Waals surface area contributed by atoms with E-state index in [1.165, 1.54) is 12.1 Å². The van der Waals surface area contributed by atoms with Crippen LogP contribution in [0.25, 0.3) is 0 Å². The summed E-state index contributed by atoms with van der Waals surface area (Å²) in [5.41, 5.74) is 1.36. The molecule has 2 fully saturated rings. The Morgan fingerprint density at radius 1 is 0.921 bits per heavy atom. The van der Waals surface area contributed by atoms with E-state index in [1.807, 2.05) is 18.2 Å². The first-order valence-electron chi connectivity index (χ1n) is 12.6. The van der Waals surface area contributed by atoms with Gasteiger partial charge in [0.05, 0.1) is 12.0 Å². The van der Waals surface area contributed by atoms with Gasteiger partial charge in [0.25, 0.3) is 5.91 Å². The van der Waals surface area contributed by atoms with Crippen LogP contribution in [-0.2, 0) is 14.6 Å². The summed E-state index contributed by atoms with van der Waals surface area (Å²) in [5.74, 6) is 1.75. The van der Waals surface area contributed by atoms with Crippen molar-refractivity contribution < 1.29 is 27.9 Å². The van der Waals surface area contributed by atoms with Crippen LogP contribution < -0.4 is 19.9 Å². The van der Waals surface area contributed by atoms with Gasteiger partial charge in [-0.15, -0.1) is 0 Å². The van der Waals surface area contributed by atoms with Gasteiger partial charge >= 0.3 is 0 Å². The molecule has 1 amide bonds. The molecule has 1 saturated heterocycles. The Bertz CT molecular complexity index is 1370. The number of ether oxygens (including phenoxy) is 2. The molecule has 9 nitrogen and oxygen atoms in total. The molecule has 2 aromatic carbocycles. The fourth-order valence-corrected chi connectivity index (χ4v) is 7.87. The van der Waals surface area contributed by atoms with Crippen LogP contribution >= 0.6 is 0 Å². The van der Waals surface area contributed by atoms with E-state index in [0.29, 0.717) is 23.7 Å². The van der Waals surface area contributed by atoms with E-state index < -0.39 is 20.5 Å². The van der Waals surface area contributed by atoms with Crippen molar-refractivity contribution in [1.82, 2.24) is 10.5 Å². The van der Waals surface area contributed by atoms with Crippen molar-refractivity contribution in [1.29, 1.82) is 0 Å². The van der Waals surface area contributed by atoms with E-state index in [0.717, 1.165) is 31.7 Å². The van der Waals surface area contributed by atoms with E-state index in [9.17, 15) is 18.4 Å². The number of nitrogens with one attached hydrogen (secondary N) is 1. The van der Waals surface area contributed by atoms with Crippen molar-refractivity contribution in [2.45, 2.75) is 41.7 Å². The summed E-state index contributed by atoms with van der Waals surface area (Å²) in [7, 11) is -2.54. The first-order valence-corrected chi connectivity index (χ1v) is 14.1. The fourth-order valence-electron chi connectivity index (χ4n) is 5.77. The van der Waals surface area contributed by atoms with Crippen LogP contribution in [0.4, 0.5) is 5.82 Å². The standard InChI is InChI=1S/C28H31N3O6S/c1-36-21-5-7-22(8-6-21)37-23-9-11-24(12-10-23)38(34,35)28(26(32)30-33)14-13-27(20-28)15-18-31(19-16-27)25-4-2-3-17-29-25/h2-12,17,33H,13-16,18-20H2,1H3,(H,30,32). The van der Waals surface area contributed by atoms with Gasteiger partial charge in [-0.3, -0.25) is 10.0 Å². The zero-order valence-corrected chi connectivity index (χ0v) is 22.0. The van der Waals surface area contributed by atoms with Crippen molar-refractivity contribution in [3.05, 3.63) is 72.9 Å². The summed E-state index contributed by atoms with van der Waals surface area (Å²) in [6, 6.07) is 18.9. The van der Waals surface area contributed by atoms with Gasteiger partial charge in [0.1, 0.15) is 23.1 Å². The molecule has 1 spiro atoms. The Hall–Kier alpha value is -3.63. The summed E-state index contributed by atoms with van der Waals surface area (Å²) >= 11 is 0. The second-order valence-electron chi connectivity index (χ2n) is 10.0. The van der Waals surface area contributed by atoms with Crippen molar-refractivity contribution in [3.8, 4) is 17.2 Å². The highest BCUT2D eigenvalue weighted by molar-refractivity contribution is 7.93. The van der Waals surface area contributed by atoms with Crippen LogP contribution in [0.5, 0.6) is 17.2 Å². The minimum atomic E-state index is -4.12. The number of pyridine rings is 1. The molecule has 10 heteroatoms. The van der Waals surface area contributed by atoms with Crippen molar-refractivity contribution >= 4 is 21.6 Å². The average molecular weight is 538 g/mol.